The molecule has 0 aliphatic carbocycles. The smallest absolute Gasteiger partial charge is 0.133 e. The normalized spacial score (nSPS) is 14.1. The Labute approximate surface area is 123 Å². The van der Waals surface area contributed by atoms with Gasteiger partial charge in [-0.3, -0.25) is 0 Å². The molecule has 0 saturated carbocycles. The number of pyridine rings is 1. The molecule has 2 heterocycles. The Morgan fingerprint density at radius 3 is 2.60 bits per heavy atom. The summed E-state index contributed by atoms with van der Waals surface area (Å²) in [6.45, 7) is 1.84. The molecule has 0 atom stereocenters. The Morgan fingerprint density at radius 1 is 1.10 bits per heavy atom. The van der Waals surface area contributed by atoms with Crippen LogP contribution in [-0.2, 0) is 0 Å². The summed E-state index contributed by atoms with van der Waals surface area (Å²) in [5.74, 6) is 0.885. The van der Waals surface area contributed by atoms with Gasteiger partial charge in [0.25, 0.3) is 0 Å². The van der Waals surface area contributed by atoms with Crippen LogP contribution in [0.25, 0.3) is 0 Å². The van der Waals surface area contributed by atoms with Crippen molar-refractivity contribution in [3.05, 3.63) is 48.2 Å². The molecule has 0 bridgehead atoms. The molecule has 5 heteroatoms. The van der Waals surface area contributed by atoms with E-state index in [9.17, 15) is 0 Å². The second-order valence-electron chi connectivity index (χ2n) is 4.81. The van der Waals surface area contributed by atoms with E-state index < -0.39 is 0 Å². The average Bonchev–Trinajstić information content (AvgIpc) is 2.48. The molecule has 0 saturated heterocycles. The van der Waals surface area contributed by atoms with Gasteiger partial charge < -0.3 is 15.5 Å². The second-order valence-corrected chi connectivity index (χ2v) is 5.25. The summed E-state index contributed by atoms with van der Waals surface area (Å²) >= 11 is 5.01. The van der Waals surface area contributed by atoms with Crippen LogP contribution in [0.4, 0.5) is 17.2 Å². The van der Waals surface area contributed by atoms with Gasteiger partial charge in [-0.25, -0.2) is 4.98 Å². The molecule has 1 aromatic heterocycles. The van der Waals surface area contributed by atoms with Crippen molar-refractivity contribution in [2.45, 2.75) is 0 Å². The van der Waals surface area contributed by atoms with Gasteiger partial charge >= 0.3 is 0 Å². The molecule has 0 fully saturated rings. The van der Waals surface area contributed by atoms with Gasteiger partial charge in [0.05, 0.1) is 17.1 Å². The molecule has 3 rings (SSSR count). The number of thiocarbonyl (C=S) groups is 1. The third-order valence-electron chi connectivity index (χ3n) is 3.51. The zero-order valence-electron chi connectivity index (χ0n) is 11.3. The Balaban J connectivity index is 2.05. The highest BCUT2D eigenvalue weighted by Gasteiger charge is 2.21. The van der Waals surface area contributed by atoms with Gasteiger partial charge in [-0.1, -0.05) is 30.4 Å². The summed E-state index contributed by atoms with van der Waals surface area (Å²) in [5, 5.41) is 0. The maximum Gasteiger partial charge on any atom is 0.133 e. The van der Waals surface area contributed by atoms with Gasteiger partial charge in [0.1, 0.15) is 10.8 Å². The number of para-hydroxylation sites is 2. The molecule has 0 unspecified atom stereocenters. The lowest BCUT2D eigenvalue weighted by Gasteiger charge is -2.36. The fourth-order valence-electron chi connectivity index (χ4n) is 2.45. The Kier molecular flexibility index (Phi) is 3.28. The summed E-state index contributed by atoms with van der Waals surface area (Å²) in [6.07, 6.45) is 0. The molecule has 0 radical (unpaired) electrons. The van der Waals surface area contributed by atoms with Crippen LogP contribution >= 0.6 is 12.2 Å². The molecule has 1 aromatic carbocycles. The van der Waals surface area contributed by atoms with Crippen molar-refractivity contribution < 1.29 is 0 Å². The molecular weight excluding hydrogens is 268 g/mol. The van der Waals surface area contributed by atoms with Crippen LogP contribution in [0.5, 0.6) is 0 Å². The number of rotatable bonds is 2. The van der Waals surface area contributed by atoms with E-state index >= 15 is 0 Å². The third-order valence-corrected chi connectivity index (χ3v) is 3.72. The first-order chi connectivity index (χ1) is 9.66. The largest absolute Gasteiger partial charge is 0.388 e. The molecule has 2 aromatic rings. The van der Waals surface area contributed by atoms with E-state index in [1.165, 1.54) is 5.69 Å². The van der Waals surface area contributed by atoms with Crippen LogP contribution in [-0.4, -0.2) is 30.1 Å². The number of benzene rings is 1. The fourth-order valence-corrected chi connectivity index (χ4v) is 2.57. The lowest BCUT2D eigenvalue weighted by molar-refractivity contribution is 0.813. The van der Waals surface area contributed by atoms with Gasteiger partial charge in [-0.05, 0) is 24.3 Å². The minimum absolute atomic E-state index is 0.328. The van der Waals surface area contributed by atoms with Crippen LogP contribution in [0.3, 0.4) is 0 Å². The summed E-state index contributed by atoms with van der Waals surface area (Å²) in [4.78, 5) is 9.35. The van der Waals surface area contributed by atoms with Crippen molar-refractivity contribution in [2.75, 3.05) is 29.9 Å². The number of fused-ring (bicyclic) bond motifs is 1. The van der Waals surface area contributed by atoms with Gasteiger partial charge in [-0.2, -0.15) is 0 Å². The van der Waals surface area contributed by atoms with Crippen LogP contribution in [0.2, 0.25) is 0 Å². The monoisotopic (exact) mass is 284 g/mol. The SMILES string of the molecule is CN1CCN(c2cccc(C(N)=S)n2)c2ccccc21. The van der Waals surface area contributed by atoms with E-state index in [1.54, 1.807) is 0 Å². The first-order valence-corrected chi connectivity index (χ1v) is 6.92. The second kappa shape index (κ2) is 5.09. The Bertz CT molecular complexity index is 656. The Hall–Kier alpha value is -2.14. The highest BCUT2D eigenvalue weighted by molar-refractivity contribution is 7.80. The standard InChI is InChI=1S/C15H16N4S/c1-18-9-10-19(13-7-3-2-6-12(13)18)14-8-4-5-11(17-14)15(16)20/h2-8H,9-10H2,1H3,(H2,16,20). The van der Waals surface area contributed by atoms with Gasteiger partial charge in [0, 0.05) is 20.1 Å². The lowest BCUT2D eigenvalue weighted by Crippen LogP contribution is -2.37. The topological polar surface area (TPSA) is 45.4 Å². The van der Waals surface area contributed by atoms with Crippen molar-refractivity contribution in [1.29, 1.82) is 0 Å². The minimum Gasteiger partial charge on any atom is -0.388 e. The number of nitrogens with zero attached hydrogens (tertiary/aromatic N) is 3. The molecule has 1 aliphatic heterocycles. The predicted octanol–water partition coefficient (Wildman–Crippen LogP) is 2.30. The van der Waals surface area contributed by atoms with Crippen molar-refractivity contribution in [1.82, 2.24) is 4.98 Å². The van der Waals surface area contributed by atoms with Gasteiger partial charge in [-0.15, -0.1) is 0 Å². The highest BCUT2D eigenvalue weighted by atomic mass is 32.1. The first-order valence-electron chi connectivity index (χ1n) is 6.51. The van der Waals surface area contributed by atoms with Crippen molar-refractivity contribution in [2.24, 2.45) is 5.73 Å². The average molecular weight is 284 g/mol. The van der Waals surface area contributed by atoms with Crippen LogP contribution in [0, 0.1) is 0 Å². The van der Waals surface area contributed by atoms with Crippen LogP contribution in [0.1, 0.15) is 5.69 Å². The van der Waals surface area contributed by atoms with E-state index in [-0.39, 0.29) is 0 Å². The maximum atomic E-state index is 5.67. The van der Waals surface area contributed by atoms with Gasteiger partial charge in [0.15, 0.2) is 0 Å². The molecular formula is C15H16N4S. The van der Waals surface area contributed by atoms with Crippen LogP contribution < -0.4 is 15.5 Å². The van der Waals surface area contributed by atoms with Gasteiger partial charge in [0.2, 0.25) is 0 Å². The summed E-state index contributed by atoms with van der Waals surface area (Å²) in [6, 6.07) is 14.1. The van der Waals surface area contributed by atoms with E-state index in [4.69, 9.17) is 18.0 Å². The first kappa shape index (κ1) is 12.9. The van der Waals surface area contributed by atoms with Crippen molar-refractivity contribution in [3.8, 4) is 0 Å². The number of aromatic nitrogens is 1. The number of anilines is 3. The number of nitrogens with two attached hydrogens (primary N) is 1. The maximum absolute atomic E-state index is 5.67. The third kappa shape index (κ3) is 2.20. The molecule has 1 aliphatic rings. The van der Waals surface area contributed by atoms with E-state index in [0.29, 0.717) is 10.7 Å². The summed E-state index contributed by atoms with van der Waals surface area (Å²) < 4.78 is 0. The zero-order valence-corrected chi connectivity index (χ0v) is 12.1. The quantitative estimate of drug-likeness (QED) is 0.857. The van der Waals surface area contributed by atoms with E-state index in [0.717, 1.165) is 24.6 Å². The summed E-state index contributed by atoms with van der Waals surface area (Å²) in [7, 11) is 2.11. The number of hydrogen-bond donors (Lipinski definition) is 1. The lowest BCUT2D eigenvalue weighted by atomic mass is 10.1. The summed E-state index contributed by atoms with van der Waals surface area (Å²) in [5.41, 5.74) is 8.70. The number of likely N-dealkylation sites (N-methyl/N-ethyl adjacent to an activating group) is 1. The molecule has 102 valence electrons. The predicted molar refractivity (Wildman–Crippen MR) is 86.8 cm³/mol. The van der Waals surface area contributed by atoms with E-state index in [2.05, 4.69) is 40.0 Å². The highest BCUT2D eigenvalue weighted by Crippen LogP contribution is 2.35. The minimum atomic E-state index is 0.328. The fraction of sp³-hybridized carbons (Fsp3) is 0.200. The zero-order chi connectivity index (χ0) is 14.1. The molecule has 0 spiro atoms. The van der Waals surface area contributed by atoms with Crippen molar-refractivity contribution >= 4 is 34.4 Å². The number of hydrogen-bond acceptors (Lipinski definition) is 4. The molecule has 20 heavy (non-hydrogen) atoms. The van der Waals surface area contributed by atoms with E-state index in [1.807, 2.05) is 24.3 Å². The Morgan fingerprint density at radius 2 is 1.85 bits per heavy atom. The van der Waals surface area contributed by atoms with Crippen molar-refractivity contribution in [3.63, 3.8) is 0 Å². The molecule has 2 N–H and O–H groups in total. The van der Waals surface area contributed by atoms with Crippen LogP contribution in [0.15, 0.2) is 42.5 Å². The molecule has 4 nitrogen and oxygen atoms in total. The molecule has 0 amide bonds.